The number of hydrogen-bond donors (Lipinski definition) is 1. The van der Waals surface area contributed by atoms with Crippen molar-refractivity contribution in [1.82, 2.24) is 14.8 Å². The second-order valence-corrected chi connectivity index (χ2v) is 9.81. The van der Waals surface area contributed by atoms with E-state index in [0.29, 0.717) is 41.6 Å². The molecule has 0 saturated carbocycles. The minimum atomic E-state index is -0.655. The molecule has 1 N–H and O–H groups in total. The Labute approximate surface area is 208 Å². The molecule has 0 aliphatic rings. The normalized spacial score (nSPS) is 12.1. The molecule has 0 aliphatic carbocycles. The molecule has 0 amide bonds. The van der Waals surface area contributed by atoms with Gasteiger partial charge in [-0.3, -0.25) is 4.57 Å². The minimum Gasteiger partial charge on any atom is -0.490 e. The lowest BCUT2D eigenvalue weighted by atomic mass is 9.98. The Morgan fingerprint density at radius 3 is 2.67 bits per heavy atom. The molecule has 33 heavy (non-hydrogen) atoms. The Kier molecular flexibility index (Phi) is 9.41. The van der Waals surface area contributed by atoms with Crippen LogP contribution in [0.4, 0.5) is 0 Å². The number of rotatable bonds is 12. The highest BCUT2D eigenvalue weighted by atomic mass is 79.9. The molecule has 2 aromatic carbocycles. The first-order chi connectivity index (χ1) is 15.9. The molecule has 0 bridgehead atoms. The van der Waals surface area contributed by atoms with Gasteiger partial charge in [0.15, 0.2) is 11.0 Å². The highest BCUT2D eigenvalue weighted by Gasteiger charge is 2.15. The number of halogens is 1. The van der Waals surface area contributed by atoms with Crippen molar-refractivity contribution in [3.63, 3.8) is 0 Å². The summed E-state index contributed by atoms with van der Waals surface area (Å²) in [5, 5.41) is 19.7. The molecule has 6 nitrogen and oxygen atoms in total. The number of allylic oxidation sites excluding steroid dienone is 1. The fraction of sp³-hybridized carbons (Fsp3) is 0.360. The average Bonchev–Trinajstić information content (AvgIpc) is 3.17. The van der Waals surface area contributed by atoms with Crippen LogP contribution in [0.5, 0.6) is 11.5 Å². The van der Waals surface area contributed by atoms with Gasteiger partial charge in [0.1, 0.15) is 24.7 Å². The third-order valence-electron chi connectivity index (χ3n) is 5.01. The second kappa shape index (κ2) is 12.3. The number of aromatic nitrogens is 3. The fourth-order valence-electron chi connectivity index (χ4n) is 3.35. The molecule has 0 radical (unpaired) electrons. The fourth-order valence-corrected chi connectivity index (χ4v) is 4.62. The van der Waals surface area contributed by atoms with Crippen molar-refractivity contribution in [2.45, 2.75) is 51.1 Å². The molecule has 1 heterocycles. The summed E-state index contributed by atoms with van der Waals surface area (Å²) in [6, 6.07) is 13.7. The van der Waals surface area contributed by atoms with Crippen molar-refractivity contribution in [3.8, 4) is 11.5 Å². The molecule has 176 valence electrons. The van der Waals surface area contributed by atoms with Crippen molar-refractivity contribution in [2.24, 2.45) is 0 Å². The van der Waals surface area contributed by atoms with E-state index >= 15 is 0 Å². The molecule has 1 atom stereocenters. The summed E-state index contributed by atoms with van der Waals surface area (Å²) in [5.41, 5.74) is 2.53. The summed E-state index contributed by atoms with van der Waals surface area (Å²) in [5.74, 6) is 3.12. The number of para-hydroxylation sites is 1. The van der Waals surface area contributed by atoms with Crippen LogP contribution >= 0.6 is 27.7 Å². The summed E-state index contributed by atoms with van der Waals surface area (Å²) in [6.45, 7) is 11.4. The number of aliphatic hydroxyl groups excluding tert-OH is 1. The Morgan fingerprint density at radius 1 is 1.18 bits per heavy atom. The molecule has 0 spiro atoms. The molecule has 0 fully saturated rings. The third-order valence-corrected chi connectivity index (χ3v) is 6.78. The van der Waals surface area contributed by atoms with Crippen LogP contribution in [0.15, 0.2) is 64.7 Å². The van der Waals surface area contributed by atoms with Crippen LogP contribution in [0.25, 0.3) is 0 Å². The zero-order valence-electron chi connectivity index (χ0n) is 19.2. The molecular weight excluding hydrogens is 502 g/mol. The molecule has 8 heteroatoms. The molecule has 3 aromatic rings. The van der Waals surface area contributed by atoms with E-state index in [-0.39, 0.29) is 6.61 Å². The van der Waals surface area contributed by atoms with Crippen LogP contribution in [0.2, 0.25) is 0 Å². The molecular formula is C25H30BrN3O3S. The van der Waals surface area contributed by atoms with Gasteiger partial charge in [0.2, 0.25) is 0 Å². The Hall–Kier alpha value is -2.29. The van der Waals surface area contributed by atoms with Crippen molar-refractivity contribution < 1.29 is 14.6 Å². The van der Waals surface area contributed by atoms with Gasteiger partial charge < -0.3 is 14.6 Å². The van der Waals surface area contributed by atoms with Gasteiger partial charge in [-0.05, 0) is 64.2 Å². The number of aliphatic hydroxyl groups is 1. The minimum absolute atomic E-state index is 0.187. The average molecular weight is 533 g/mol. The Morgan fingerprint density at radius 2 is 1.97 bits per heavy atom. The number of nitrogens with zero attached hydrogens (tertiary/aromatic N) is 3. The molecule has 0 unspecified atom stereocenters. The van der Waals surface area contributed by atoms with E-state index in [2.05, 4.69) is 65.6 Å². The predicted octanol–water partition coefficient (Wildman–Crippen LogP) is 5.77. The molecule has 0 saturated heterocycles. The predicted molar refractivity (Wildman–Crippen MR) is 136 cm³/mol. The van der Waals surface area contributed by atoms with Crippen LogP contribution in [-0.2, 0) is 13.2 Å². The zero-order chi connectivity index (χ0) is 23.8. The molecule has 0 aliphatic heterocycles. The maximum absolute atomic E-state index is 10.4. The summed E-state index contributed by atoms with van der Waals surface area (Å²) < 4.78 is 14.5. The van der Waals surface area contributed by atoms with E-state index in [4.69, 9.17) is 9.47 Å². The van der Waals surface area contributed by atoms with Crippen molar-refractivity contribution in [3.05, 3.63) is 76.5 Å². The molecule has 1 aromatic heterocycles. The lowest BCUT2D eigenvalue weighted by Gasteiger charge is -2.14. The van der Waals surface area contributed by atoms with Gasteiger partial charge in [0.25, 0.3) is 0 Å². The van der Waals surface area contributed by atoms with E-state index in [1.807, 2.05) is 34.9 Å². The standard InChI is InChI=1S/C25H30BrN3O3S/c1-5-12-29-24(15-31-20-10-11-21(17(2)3)18(4)13-20)27-28-25(29)33-16-19(30)14-32-23-9-7-6-8-22(23)26/h5-11,13,17,19,30H,1,12,14-16H2,2-4H3/t19-/m1/s1. The third kappa shape index (κ3) is 7.09. The number of ether oxygens (including phenoxy) is 2. The zero-order valence-corrected chi connectivity index (χ0v) is 21.6. The van der Waals surface area contributed by atoms with Crippen molar-refractivity contribution in [1.29, 1.82) is 0 Å². The smallest absolute Gasteiger partial charge is 0.191 e. The first-order valence-corrected chi connectivity index (χ1v) is 12.6. The topological polar surface area (TPSA) is 69.4 Å². The Balaban J connectivity index is 1.58. The van der Waals surface area contributed by atoms with Gasteiger partial charge in [-0.1, -0.05) is 49.9 Å². The van der Waals surface area contributed by atoms with Gasteiger partial charge in [0, 0.05) is 12.3 Å². The van der Waals surface area contributed by atoms with Crippen molar-refractivity contribution in [2.75, 3.05) is 12.4 Å². The van der Waals surface area contributed by atoms with E-state index in [1.165, 1.54) is 22.9 Å². The number of thioether (sulfide) groups is 1. The van der Waals surface area contributed by atoms with Crippen LogP contribution in [-0.4, -0.2) is 38.3 Å². The quantitative estimate of drug-likeness (QED) is 0.236. The molecule has 3 rings (SSSR count). The first-order valence-electron chi connectivity index (χ1n) is 10.8. The second-order valence-electron chi connectivity index (χ2n) is 7.97. The largest absolute Gasteiger partial charge is 0.490 e. The number of aryl methyl sites for hydroxylation is 1. The monoisotopic (exact) mass is 531 g/mol. The van der Waals surface area contributed by atoms with E-state index in [1.54, 1.807) is 6.08 Å². The van der Waals surface area contributed by atoms with E-state index in [9.17, 15) is 5.11 Å². The maximum Gasteiger partial charge on any atom is 0.191 e. The highest BCUT2D eigenvalue weighted by Crippen LogP contribution is 2.26. The van der Waals surface area contributed by atoms with E-state index in [0.717, 1.165) is 10.2 Å². The van der Waals surface area contributed by atoms with Gasteiger partial charge in [-0.25, -0.2) is 0 Å². The number of benzene rings is 2. The SMILES string of the molecule is C=CCn1c(COc2ccc(C(C)C)c(C)c2)nnc1SC[C@H](O)COc1ccccc1Br. The van der Waals surface area contributed by atoms with Crippen LogP contribution < -0.4 is 9.47 Å². The van der Waals surface area contributed by atoms with E-state index < -0.39 is 6.10 Å². The highest BCUT2D eigenvalue weighted by molar-refractivity contribution is 9.10. The van der Waals surface area contributed by atoms with Crippen LogP contribution in [0.1, 0.15) is 36.7 Å². The van der Waals surface area contributed by atoms with Gasteiger partial charge >= 0.3 is 0 Å². The van der Waals surface area contributed by atoms with Crippen LogP contribution in [0.3, 0.4) is 0 Å². The first kappa shape index (κ1) is 25.3. The van der Waals surface area contributed by atoms with Gasteiger partial charge in [0.05, 0.1) is 10.6 Å². The summed E-state index contributed by atoms with van der Waals surface area (Å²) >= 11 is 4.87. The lowest BCUT2D eigenvalue weighted by Crippen LogP contribution is -2.20. The maximum atomic E-state index is 10.4. The van der Waals surface area contributed by atoms with Gasteiger partial charge in [-0.2, -0.15) is 0 Å². The van der Waals surface area contributed by atoms with Crippen molar-refractivity contribution >= 4 is 27.7 Å². The Bertz CT molecular complexity index is 1070. The summed E-state index contributed by atoms with van der Waals surface area (Å²) in [4.78, 5) is 0. The lowest BCUT2D eigenvalue weighted by molar-refractivity contribution is 0.126. The van der Waals surface area contributed by atoms with Gasteiger partial charge in [-0.15, -0.1) is 16.8 Å². The summed E-state index contributed by atoms with van der Waals surface area (Å²) in [6.07, 6.45) is 1.14. The number of hydrogen-bond acceptors (Lipinski definition) is 6. The van der Waals surface area contributed by atoms with Crippen LogP contribution in [0, 0.1) is 6.92 Å². The summed E-state index contributed by atoms with van der Waals surface area (Å²) in [7, 11) is 0.